The molecule has 1 aliphatic carbocycles. The first-order chi connectivity index (χ1) is 13.5. The summed E-state index contributed by atoms with van der Waals surface area (Å²) in [5.41, 5.74) is 0.784. The Hall–Kier alpha value is -1.89. The van der Waals surface area contributed by atoms with Crippen LogP contribution in [0.15, 0.2) is 12.7 Å². The SMILES string of the molecule is C=CCCC(CC(C)C)C(=O)N(C(=O)NO)[C@H](C(=O)OC1CCCC1)C(C)(C)C. The third-order valence-electron chi connectivity index (χ3n) is 5.26. The van der Waals surface area contributed by atoms with Gasteiger partial charge >= 0.3 is 12.0 Å². The fourth-order valence-electron chi connectivity index (χ4n) is 3.91. The zero-order valence-corrected chi connectivity index (χ0v) is 18.6. The summed E-state index contributed by atoms with van der Waals surface area (Å²) < 4.78 is 5.66. The van der Waals surface area contributed by atoms with Crippen LogP contribution in [0, 0.1) is 17.3 Å². The highest BCUT2D eigenvalue weighted by molar-refractivity contribution is 5.99. The number of amides is 3. The lowest BCUT2D eigenvalue weighted by molar-refractivity contribution is -0.163. The van der Waals surface area contributed by atoms with Crippen LogP contribution in [0.1, 0.15) is 79.6 Å². The Kier molecular flexibility index (Phi) is 9.83. The van der Waals surface area contributed by atoms with Crippen LogP contribution in [0.4, 0.5) is 4.79 Å². The molecule has 1 saturated carbocycles. The van der Waals surface area contributed by atoms with Crippen molar-refractivity contribution in [3.63, 3.8) is 0 Å². The molecule has 29 heavy (non-hydrogen) atoms. The van der Waals surface area contributed by atoms with E-state index in [0.29, 0.717) is 19.3 Å². The van der Waals surface area contributed by atoms with Crippen molar-refractivity contribution in [2.24, 2.45) is 17.3 Å². The Labute approximate surface area is 174 Å². The molecule has 7 nitrogen and oxygen atoms in total. The average molecular weight is 411 g/mol. The quantitative estimate of drug-likeness (QED) is 0.253. The highest BCUT2D eigenvalue weighted by atomic mass is 16.5. The van der Waals surface area contributed by atoms with E-state index in [0.717, 1.165) is 30.6 Å². The number of carbonyl (C=O) groups is 3. The van der Waals surface area contributed by atoms with Gasteiger partial charge in [-0.05, 0) is 56.3 Å². The smallest absolute Gasteiger partial charge is 0.348 e. The summed E-state index contributed by atoms with van der Waals surface area (Å²) in [6.45, 7) is 13.0. The molecule has 2 N–H and O–H groups in total. The number of allylic oxidation sites excluding steroid dienone is 1. The summed E-state index contributed by atoms with van der Waals surface area (Å²) in [6, 6.07) is -2.15. The third kappa shape index (κ3) is 7.46. The van der Waals surface area contributed by atoms with Crippen molar-refractivity contribution in [3.05, 3.63) is 12.7 Å². The Morgan fingerprint density at radius 1 is 1.24 bits per heavy atom. The summed E-state index contributed by atoms with van der Waals surface area (Å²) in [5.74, 6) is -1.32. The maximum Gasteiger partial charge on any atom is 0.348 e. The van der Waals surface area contributed by atoms with Crippen LogP contribution in [0.5, 0.6) is 0 Å². The molecule has 7 heteroatoms. The van der Waals surface area contributed by atoms with Gasteiger partial charge in [-0.15, -0.1) is 6.58 Å². The molecule has 0 aromatic carbocycles. The van der Waals surface area contributed by atoms with E-state index in [1.165, 1.54) is 0 Å². The summed E-state index contributed by atoms with van der Waals surface area (Å²) in [6.07, 6.45) is 6.81. The monoisotopic (exact) mass is 410 g/mol. The maximum absolute atomic E-state index is 13.4. The molecule has 1 rings (SSSR count). The van der Waals surface area contributed by atoms with Crippen LogP contribution < -0.4 is 5.48 Å². The second-order valence-electron chi connectivity index (χ2n) is 9.43. The normalized spacial score (nSPS) is 16.9. The van der Waals surface area contributed by atoms with Gasteiger partial charge < -0.3 is 4.74 Å². The van der Waals surface area contributed by atoms with Gasteiger partial charge in [0.15, 0.2) is 0 Å². The first-order valence-electron chi connectivity index (χ1n) is 10.6. The van der Waals surface area contributed by atoms with Crippen molar-refractivity contribution in [1.82, 2.24) is 10.4 Å². The second kappa shape index (κ2) is 11.3. The maximum atomic E-state index is 13.4. The Bertz CT molecular complexity index is 576. The number of nitrogens with one attached hydrogen (secondary N) is 1. The summed E-state index contributed by atoms with van der Waals surface area (Å²) in [7, 11) is 0. The molecular weight excluding hydrogens is 372 g/mol. The minimum Gasteiger partial charge on any atom is -0.461 e. The topological polar surface area (TPSA) is 95.9 Å². The molecule has 1 fully saturated rings. The molecule has 1 aliphatic rings. The third-order valence-corrected chi connectivity index (χ3v) is 5.26. The summed E-state index contributed by atoms with van der Waals surface area (Å²) >= 11 is 0. The number of hydrogen-bond donors (Lipinski definition) is 2. The molecule has 0 aromatic rings. The van der Waals surface area contributed by atoms with Gasteiger partial charge in [-0.3, -0.25) is 10.0 Å². The Morgan fingerprint density at radius 3 is 2.28 bits per heavy atom. The first kappa shape index (κ1) is 25.1. The van der Waals surface area contributed by atoms with Crippen molar-refractivity contribution in [1.29, 1.82) is 0 Å². The summed E-state index contributed by atoms with van der Waals surface area (Å²) in [4.78, 5) is 39.9. The highest BCUT2D eigenvalue weighted by Crippen LogP contribution is 2.31. The van der Waals surface area contributed by atoms with Crippen LogP contribution in [0.2, 0.25) is 0 Å². The Morgan fingerprint density at radius 2 is 1.83 bits per heavy atom. The number of ether oxygens (including phenoxy) is 1. The van der Waals surface area contributed by atoms with Gasteiger partial charge in [-0.25, -0.2) is 20.0 Å². The number of carbonyl (C=O) groups excluding carboxylic acids is 3. The van der Waals surface area contributed by atoms with Gasteiger partial charge in [0.2, 0.25) is 5.91 Å². The number of imide groups is 1. The molecular formula is C22H38N2O5. The lowest BCUT2D eigenvalue weighted by Crippen LogP contribution is -2.59. The van der Waals surface area contributed by atoms with Gasteiger partial charge in [-0.2, -0.15) is 0 Å². The lowest BCUT2D eigenvalue weighted by atomic mass is 9.84. The van der Waals surface area contributed by atoms with Crippen molar-refractivity contribution in [2.75, 3.05) is 0 Å². The van der Waals surface area contributed by atoms with Crippen LogP contribution in [0.25, 0.3) is 0 Å². The minimum atomic E-state index is -1.14. The van der Waals surface area contributed by atoms with Gasteiger partial charge in [0, 0.05) is 5.92 Å². The number of nitrogens with zero attached hydrogens (tertiary/aromatic N) is 1. The molecule has 0 spiro atoms. The molecule has 0 aliphatic heterocycles. The van der Waals surface area contributed by atoms with E-state index in [1.807, 2.05) is 13.8 Å². The van der Waals surface area contributed by atoms with Crippen LogP contribution in [-0.4, -0.2) is 40.2 Å². The molecule has 0 radical (unpaired) electrons. The second-order valence-corrected chi connectivity index (χ2v) is 9.43. The predicted octanol–water partition coefficient (Wildman–Crippen LogP) is 4.44. The van der Waals surface area contributed by atoms with E-state index in [9.17, 15) is 19.6 Å². The van der Waals surface area contributed by atoms with E-state index in [2.05, 4.69) is 6.58 Å². The van der Waals surface area contributed by atoms with E-state index >= 15 is 0 Å². The van der Waals surface area contributed by atoms with Gasteiger partial charge in [0.25, 0.3) is 0 Å². The number of esters is 1. The minimum absolute atomic E-state index is 0.186. The molecule has 0 saturated heterocycles. The predicted molar refractivity (Wildman–Crippen MR) is 111 cm³/mol. The zero-order chi connectivity index (χ0) is 22.2. The van der Waals surface area contributed by atoms with Crippen LogP contribution in [-0.2, 0) is 14.3 Å². The molecule has 3 amide bonds. The van der Waals surface area contributed by atoms with E-state index in [4.69, 9.17) is 4.74 Å². The number of urea groups is 1. The molecule has 0 aromatic heterocycles. The van der Waals surface area contributed by atoms with Gasteiger partial charge in [0.05, 0.1) is 0 Å². The van der Waals surface area contributed by atoms with E-state index in [1.54, 1.807) is 32.3 Å². The Balaban J connectivity index is 3.25. The molecule has 1 unspecified atom stereocenters. The zero-order valence-electron chi connectivity index (χ0n) is 18.6. The largest absolute Gasteiger partial charge is 0.461 e. The van der Waals surface area contributed by atoms with Gasteiger partial charge in [0.1, 0.15) is 12.1 Å². The first-order valence-corrected chi connectivity index (χ1v) is 10.6. The fraction of sp³-hybridized carbons (Fsp3) is 0.773. The number of rotatable bonds is 9. The van der Waals surface area contributed by atoms with Crippen molar-refractivity contribution in [2.45, 2.75) is 91.7 Å². The van der Waals surface area contributed by atoms with Gasteiger partial charge in [-0.1, -0.05) is 40.7 Å². The van der Waals surface area contributed by atoms with Crippen LogP contribution in [0.3, 0.4) is 0 Å². The van der Waals surface area contributed by atoms with Crippen molar-refractivity contribution < 1.29 is 24.3 Å². The van der Waals surface area contributed by atoms with Crippen molar-refractivity contribution >= 4 is 17.9 Å². The van der Waals surface area contributed by atoms with E-state index < -0.39 is 35.3 Å². The average Bonchev–Trinajstić information content (AvgIpc) is 3.13. The number of hydroxylamine groups is 1. The van der Waals surface area contributed by atoms with Crippen LogP contribution >= 0.6 is 0 Å². The van der Waals surface area contributed by atoms with E-state index in [-0.39, 0.29) is 12.0 Å². The number of hydrogen-bond acceptors (Lipinski definition) is 5. The van der Waals surface area contributed by atoms with Crippen molar-refractivity contribution in [3.8, 4) is 0 Å². The highest BCUT2D eigenvalue weighted by Gasteiger charge is 2.46. The summed E-state index contributed by atoms with van der Waals surface area (Å²) in [5, 5.41) is 9.31. The standard InChI is InChI=1S/C22H38N2O5/c1-7-8-11-16(14-15(2)3)19(25)24(21(27)23-28)18(22(4,5)6)20(26)29-17-12-9-10-13-17/h7,15-18,28H,1,8-14H2,2-6H3,(H,23,27)/t16?,18-/m1/s1. The fourth-order valence-corrected chi connectivity index (χ4v) is 3.91. The molecule has 0 bridgehead atoms. The molecule has 166 valence electrons. The molecule has 0 heterocycles. The molecule has 2 atom stereocenters. The lowest BCUT2D eigenvalue weighted by Gasteiger charge is -2.38.